The Morgan fingerprint density at radius 1 is 1.69 bits per heavy atom. The number of aromatic nitrogens is 3. The lowest BCUT2D eigenvalue weighted by Crippen LogP contribution is -2.41. The van der Waals surface area contributed by atoms with Crippen LogP contribution in [0.3, 0.4) is 0 Å². The van der Waals surface area contributed by atoms with Crippen LogP contribution in [0.4, 0.5) is 0 Å². The number of aryl methyl sites for hydroxylation is 1. The molecule has 0 radical (unpaired) electrons. The summed E-state index contributed by atoms with van der Waals surface area (Å²) in [5.74, 6) is 0.937. The molecule has 0 amide bonds. The molecule has 0 aliphatic heterocycles. The lowest BCUT2D eigenvalue weighted by atomic mass is 9.86. The Balaban J connectivity index is 1.93. The summed E-state index contributed by atoms with van der Waals surface area (Å²) < 4.78 is 1.78. The van der Waals surface area contributed by atoms with Gasteiger partial charge in [-0.15, -0.1) is 0 Å². The molecule has 1 aliphatic carbocycles. The molecule has 1 saturated carbocycles. The van der Waals surface area contributed by atoms with Gasteiger partial charge in [0.1, 0.15) is 12.2 Å². The van der Waals surface area contributed by atoms with Crippen molar-refractivity contribution in [1.29, 1.82) is 0 Å². The minimum absolute atomic E-state index is 0.0264. The van der Waals surface area contributed by atoms with Gasteiger partial charge in [-0.3, -0.25) is 4.68 Å². The number of nitrogens with zero attached hydrogens (tertiary/aromatic N) is 3. The fourth-order valence-electron chi connectivity index (χ4n) is 2.47. The highest BCUT2D eigenvalue weighted by molar-refractivity contribution is 4.94. The number of aliphatic hydroxyl groups excluding tert-OH is 1. The van der Waals surface area contributed by atoms with Crippen LogP contribution in [-0.4, -0.2) is 32.5 Å². The zero-order chi connectivity index (χ0) is 11.6. The van der Waals surface area contributed by atoms with Crippen LogP contribution in [-0.2, 0) is 13.6 Å². The molecule has 1 fully saturated rings. The van der Waals surface area contributed by atoms with Gasteiger partial charge in [-0.2, -0.15) is 5.10 Å². The molecule has 0 aromatic carbocycles. The van der Waals surface area contributed by atoms with E-state index in [4.69, 9.17) is 0 Å². The van der Waals surface area contributed by atoms with Crippen LogP contribution < -0.4 is 5.32 Å². The average Bonchev–Trinajstić information content (AvgIpc) is 2.83. The normalized spacial score (nSPS) is 29.8. The number of hydrogen-bond donors (Lipinski definition) is 2. The van der Waals surface area contributed by atoms with E-state index in [1.807, 2.05) is 7.05 Å². The van der Waals surface area contributed by atoms with E-state index < -0.39 is 0 Å². The zero-order valence-corrected chi connectivity index (χ0v) is 9.98. The molecule has 2 N–H and O–H groups in total. The van der Waals surface area contributed by atoms with Crippen LogP contribution in [0.2, 0.25) is 0 Å². The maximum atomic E-state index is 9.43. The summed E-state index contributed by atoms with van der Waals surface area (Å²) >= 11 is 0. The monoisotopic (exact) mass is 224 g/mol. The molecule has 1 aromatic rings. The Morgan fingerprint density at radius 3 is 3.12 bits per heavy atom. The quantitative estimate of drug-likeness (QED) is 0.779. The van der Waals surface area contributed by atoms with Gasteiger partial charge in [0, 0.05) is 25.1 Å². The van der Waals surface area contributed by atoms with E-state index in [1.54, 1.807) is 11.0 Å². The van der Waals surface area contributed by atoms with E-state index in [2.05, 4.69) is 22.3 Å². The minimum Gasteiger partial charge on any atom is -0.396 e. The van der Waals surface area contributed by atoms with Crippen molar-refractivity contribution >= 4 is 0 Å². The Kier molecular flexibility index (Phi) is 3.25. The van der Waals surface area contributed by atoms with E-state index >= 15 is 0 Å². The van der Waals surface area contributed by atoms with Crippen LogP contribution in [0.1, 0.15) is 32.0 Å². The van der Waals surface area contributed by atoms with Crippen LogP contribution in [0.5, 0.6) is 0 Å². The summed E-state index contributed by atoms with van der Waals surface area (Å²) in [5, 5.41) is 17.0. The van der Waals surface area contributed by atoms with Gasteiger partial charge < -0.3 is 10.4 Å². The van der Waals surface area contributed by atoms with Crippen LogP contribution in [0.15, 0.2) is 6.33 Å². The van der Waals surface area contributed by atoms with Gasteiger partial charge in [-0.1, -0.05) is 13.3 Å². The van der Waals surface area contributed by atoms with Crippen molar-refractivity contribution in [2.24, 2.45) is 12.5 Å². The first kappa shape index (κ1) is 11.5. The van der Waals surface area contributed by atoms with E-state index in [-0.39, 0.29) is 12.0 Å². The van der Waals surface area contributed by atoms with Crippen molar-refractivity contribution in [3.8, 4) is 0 Å². The van der Waals surface area contributed by atoms with Crippen molar-refractivity contribution in [2.75, 3.05) is 6.61 Å². The molecule has 2 rings (SSSR count). The minimum atomic E-state index is 0.0264. The van der Waals surface area contributed by atoms with Gasteiger partial charge in [0.05, 0.1) is 6.54 Å². The molecule has 0 unspecified atom stereocenters. The standard InChI is InChI=1S/C11H20N4O/c1-11(7-16)5-3-4-9(11)12-6-10-13-8-14-15(10)2/h8-9,12,16H,3-7H2,1-2H3/t9-,11+/m1/s1. The van der Waals surface area contributed by atoms with Gasteiger partial charge in [0.2, 0.25) is 0 Å². The molecule has 1 heterocycles. The summed E-state index contributed by atoms with van der Waals surface area (Å²) in [5.41, 5.74) is 0.0264. The summed E-state index contributed by atoms with van der Waals surface area (Å²) in [6.45, 7) is 3.12. The first-order valence-corrected chi connectivity index (χ1v) is 5.83. The first-order chi connectivity index (χ1) is 7.65. The van der Waals surface area contributed by atoms with Gasteiger partial charge in [-0.05, 0) is 12.8 Å². The van der Waals surface area contributed by atoms with E-state index in [0.29, 0.717) is 6.04 Å². The van der Waals surface area contributed by atoms with E-state index in [0.717, 1.165) is 25.2 Å². The molecular weight excluding hydrogens is 204 g/mol. The second-order valence-corrected chi connectivity index (χ2v) is 4.94. The summed E-state index contributed by atoms with van der Waals surface area (Å²) in [6.07, 6.45) is 4.99. The second-order valence-electron chi connectivity index (χ2n) is 4.94. The summed E-state index contributed by atoms with van der Waals surface area (Å²) in [7, 11) is 1.89. The lowest BCUT2D eigenvalue weighted by Gasteiger charge is -2.30. The van der Waals surface area contributed by atoms with Gasteiger partial charge in [0.25, 0.3) is 0 Å². The summed E-state index contributed by atoms with van der Waals surface area (Å²) in [4.78, 5) is 4.18. The third-order valence-corrected chi connectivity index (χ3v) is 3.75. The molecular formula is C11H20N4O. The van der Waals surface area contributed by atoms with Crippen molar-refractivity contribution < 1.29 is 5.11 Å². The maximum absolute atomic E-state index is 9.43. The number of hydrogen-bond acceptors (Lipinski definition) is 4. The highest BCUT2D eigenvalue weighted by Crippen LogP contribution is 2.37. The highest BCUT2D eigenvalue weighted by atomic mass is 16.3. The predicted molar refractivity (Wildman–Crippen MR) is 60.7 cm³/mol. The molecule has 5 nitrogen and oxygen atoms in total. The van der Waals surface area contributed by atoms with E-state index in [1.165, 1.54) is 6.42 Å². The summed E-state index contributed by atoms with van der Waals surface area (Å²) in [6, 6.07) is 0.384. The Bertz CT molecular complexity index is 352. The third kappa shape index (κ3) is 2.10. The van der Waals surface area contributed by atoms with Gasteiger partial charge >= 0.3 is 0 Å². The highest BCUT2D eigenvalue weighted by Gasteiger charge is 2.37. The first-order valence-electron chi connectivity index (χ1n) is 5.83. The maximum Gasteiger partial charge on any atom is 0.140 e. The largest absolute Gasteiger partial charge is 0.396 e. The SMILES string of the molecule is Cn1ncnc1CN[C@@H]1CCC[C@@]1(C)CO. The van der Waals surface area contributed by atoms with Crippen molar-refractivity contribution in [3.05, 3.63) is 12.2 Å². The van der Waals surface area contributed by atoms with E-state index in [9.17, 15) is 5.11 Å². The Labute approximate surface area is 95.9 Å². The molecule has 0 bridgehead atoms. The fourth-order valence-corrected chi connectivity index (χ4v) is 2.47. The van der Waals surface area contributed by atoms with Crippen molar-refractivity contribution in [1.82, 2.24) is 20.1 Å². The number of rotatable bonds is 4. The molecule has 5 heteroatoms. The molecule has 1 aromatic heterocycles. The third-order valence-electron chi connectivity index (χ3n) is 3.75. The van der Waals surface area contributed by atoms with Crippen LogP contribution in [0.25, 0.3) is 0 Å². The molecule has 90 valence electrons. The average molecular weight is 224 g/mol. The lowest BCUT2D eigenvalue weighted by molar-refractivity contribution is 0.118. The van der Waals surface area contributed by atoms with Crippen LogP contribution >= 0.6 is 0 Å². The smallest absolute Gasteiger partial charge is 0.140 e. The number of nitrogens with one attached hydrogen (secondary N) is 1. The van der Waals surface area contributed by atoms with Gasteiger partial charge in [-0.25, -0.2) is 4.98 Å². The molecule has 1 aliphatic rings. The van der Waals surface area contributed by atoms with Crippen LogP contribution in [0, 0.1) is 5.41 Å². The van der Waals surface area contributed by atoms with Gasteiger partial charge in [0.15, 0.2) is 0 Å². The molecule has 2 atom stereocenters. The van der Waals surface area contributed by atoms with Crippen molar-refractivity contribution in [3.63, 3.8) is 0 Å². The molecule has 0 saturated heterocycles. The van der Waals surface area contributed by atoms with Crippen molar-refractivity contribution in [2.45, 2.75) is 38.8 Å². The molecule has 0 spiro atoms. The fraction of sp³-hybridized carbons (Fsp3) is 0.818. The topological polar surface area (TPSA) is 63.0 Å². The Hall–Kier alpha value is -0.940. The second kappa shape index (κ2) is 4.51. The Morgan fingerprint density at radius 2 is 2.50 bits per heavy atom. The zero-order valence-electron chi connectivity index (χ0n) is 9.98. The predicted octanol–water partition coefficient (Wildman–Crippen LogP) is 0.456. The molecule has 16 heavy (non-hydrogen) atoms. The number of aliphatic hydroxyl groups is 1.